The summed E-state index contributed by atoms with van der Waals surface area (Å²) in [5.41, 5.74) is 6.13. The van der Waals surface area contributed by atoms with Gasteiger partial charge in [-0.3, -0.25) is 8.89 Å². The average molecular weight is 253 g/mol. The minimum atomic E-state index is -1.31. The molecular weight excluding hydrogens is 241 g/mol. The van der Waals surface area contributed by atoms with Gasteiger partial charge in [-0.05, 0) is 24.3 Å². The predicted molar refractivity (Wildman–Crippen MR) is 64.1 cm³/mol. The third-order valence-corrected chi connectivity index (χ3v) is 3.62. The average Bonchev–Trinajstić information content (AvgIpc) is 2.68. The molecular formula is C11H12FN3OS. The highest BCUT2D eigenvalue weighted by Gasteiger charge is 2.09. The second-order valence-corrected chi connectivity index (χ2v) is 5.11. The number of hydrogen-bond donors (Lipinski definition) is 1. The molecule has 6 heteroatoms. The van der Waals surface area contributed by atoms with Gasteiger partial charge in [0.15, 0.2) is 0 Å². The largest absolute Gasteiger partial charge is 0.396 e. The summed E-state index contributed by atoms with van der Waals surface area (Å²) in [4.78, 5) is 0.419. The molecule has 0 aliphatic heterocycles. The maximum absolute atomic E-state index is 13.2. The van der Waals surface area contributed by atoms with Crippen molar-refractivity contribution < 1.29 is 8.60 Å². The Hall–Kier alpha value is -1.69. The van der Waals surface area contributed by atoms with Gasteiger partial charge < -0.3 is 5.73 Å². The Labute approximate surface area is 101 Å². The van der Waals surface area contributed by atoms with Crippen molar-refractivity contribution in [3.63, 3.8) is 0 Å². The standard InChI is InChI=1S/C11H12FN3OS/c1-15-5-4-8(14-15)7-17(16)9-2-3-11(13)10(12)6-9/h2-6H,7,13H2,1H3. The summed E-state index contributed by atoms with van der Waals surface area (Å²) in [7, 11) is 0.476. The van der Waals surface area contributed by atoms with Gasteiger partial charge in [-0.1, -0.05) is 0 Å². The van der Waals surface area contributed by atoms with Crippen LogP contribution in [0, 0.1) is 5.82 Å². The number of hydrogen-bond acceptors (Lipinski definition) is 3. The lowest BCUT2D eigenvalue weighted by Gasteiger charge is -2.02. The fourth-order valence-electron chi connectivity index (χ4n) is 1.41. The second-order valence-electron chi connectivity index (χ2n) is 3.65. The lowest BCUT2D eigenvalue weighted by atomic mass is 10.3. The third-order valence-electron chi connectivity index (χ3n) is 2.28. The van der Waals surface area contributed by atoms with Crippen LogP contribution >= 0.6 is 0 Å². The summed E-state index contributed by atoms with van der Waals surface area (Å²) in [5, 5.41) is 4.12. The van der Waals surface area contributed by atoms with Crippen LogP contribution in [-0.4, -0.2) is 14.0 Å². The SMILES string of the molecule is Cn1ccc(CS(=O)c2ccc(N)c(F)c2)n1. The highest BCUT2D eigenvalue weighted by Crippen LogP contribution is 2.16. The molecule has 17 heavy (non-hydrogen) atoms. The molecule has 0 amide bonds. The number of nitrogen functional groups attached to an aromatic ring is 1. The number of nitrogens with two attached hydrogens (primary N) is 1. The molecule has 0 spiro atoms. The Bertz CT molecular complexity index is 568. The molecule has 1 heterocycles. The number of aromatic nitrogens is 2. The first kappa shape index (κ1) is 11.8. The van der Waals surface area contributed by atoms with E-state index in [4.69, 9.17) is 5.73 Å². The molecule has 4 nitrogen and oxygen atoms in total. The van der Waals surface area contributed by atoms with Gasteiger partial charge >= 0.3 is 0 Å². The summed E-state index contributed by atoms with van der Waals surface area (Å²) in [6.07, 6.45) is 1.77. The van der Waals surface area contributed by atoms with E-state index in [1.807, 2.05) is 0 Å². The summed E-state index contributed by atoms with van der Waals surface area (Å²) in [5.74, 6) is -0.277. The molecule has 0 aliphatic rings. The molecule has 0 radical (unpaired) electrons. The number of benzene rings is 1. The van der Waals surface area contributed by atoms with Crippen molar-refractivity contribution in [2.75, 3.05) is 5.73 Å². The fourth-order valence-corrected chi connectivity index (χ4v) is 2.45. The second kappa shape index (κ2) is 4.67. The topological polar surface area (TPSA) is 60.9 Å². The molecule has 0 fully saturated rings. The van der Waals surface area contributed by atoms with Crippen LogP contribution in [0.3, 0.4) is 0 Å². The van der Waals surface area contributed by atoms with Crippen LogP contribution in [0.4, 0.5) is 10.1 Å². The van der Waals surface area contributed by atoms with Gasteiger partial charge in [-0.15, -0.1) is 0 Å². The van der Waals surface area contributed by atoms with Crippen molar-refractivity contribution in [2.24, 2.45) is 7.05 Å². The molecule has 1 aromatic heterocycles. The first-order valence-corrected chi connectivity index (χ1v) is 6.30. The van der Waals surface area contributed by atoms with E-state index in [2.05, 4.69) is 5.10 Å². The molecule has 2 aromatic rings. The summed E-state index contributed by atoms with van der Waals surface area (Å²) in [6, 6.07) is 5.97. The van der Waals surface area contributed by atoms with E-state index in [0.29, 0.717) is 10.6 Å². The molecule has 2 rings (SSSR count). The van der Waals surface area contributed by atoms with Gasteiger partial charge in [-0.25, -0.2) is 4.39 Å². The first-order valence-electron chi connectivity index (χ1n) is 4.98. The zero-order valence-electron chi connectivity index (χ0n) is 9.26. The van der Waals surface area contributed by atoms with Crippen LogP contribution in [0.25, 0.3) is 0 Å². The van der Waals surface area contributed by atoms with E-state index in [9.17, 15) is 8.60 Å². The maximum Gasteiger partial charge on any atom is 0.147 e. The number of aryl methyl sites for hydroxylation is 1. The monoisotopic (exact) mass is 253 g/mol. The van der Waals surface area contributed by atoms with Crippen LogP contribution in [0.15, 0.2) is 35.4 Å². The minimum Gasteiger partial charge on any atom is -0.396 e. The Morgan fingerprint density at radius 2 is 2.24 bits per heavy atom. The van der Waals surface area contributed by atoms with Crippen molar-refractivity contribution >= 4 is 16.5 Å². The molecule has 1 aromatic carbocycles. The maximum atomic E-state index is 13.2. The number of anilines is 1. The van der Waals surface area contributed by atoms with Crippen LogP contribution in [0.1, 0.15) is 5.69 Å². The van der Waals surface area contributed by atoms with Gasteiger partial charge in [0.05, 0.1) is 27.9 Å². The quantitative estimate of drug-likeness (QED) is 0.842. The van der Waals surface area contributed by atoms with Crippen LogP contribution in [0.2, 0.25) is 0 Å². The molecule has 90 valence electrons. The van der Waals surface area contributed by atoms with Gasteiger partial charge in [-0.2, -0.15) is 5.10 Å². The highest BCUT2D eigenvalue weighted by atomic mass is 32.2. The summed E-state index contributed by atoms with van der Waals surface area (Å²) < 4.78 is 26.8. The van der Waals surface area contributed by atoms with Crippen molar-refractivity contribution in [1.29, 1.82) is 0 Å². The third kappa shape index (κ3) is 2.71. The molecule has 2 N–H and O–H groups in total. The number of rotatable bonds is 3. The van der Waals surface area contributed by atoms with Crippen LogP contribution in [0.5, 0.6) is 0 Å². The fraction of sp³-hybridized carbons (Fsp3) is 0.182. The molecule has 1 unspecified atom stereocenters. The number of nitrogens with zero attached hydrogens (tertiary/aromatic N) is 2. The normalized spacial score (nSPS) is 12.6. The lowest BCUT2D eigenvalue weighted by molar-refractivity contribution is 0.627. The van der Waals surface area contributed by atoms with Crippen LogP contribution in [-0.2, 0) is 23.6 Å². The zero-order chi connectivity index (χ0) is 12.4. The Kier molecular flexibility index (Phi) is 3.23. The lowest BCUT2D eigenvalue weighted by Crippen LogP contribution is -2.00. The van der Waals surface area contributed by atoms with Gasteiger partial charge in [0, 0.05) is 18.1 Å². The van der Waals surface area contributed by atoms with Crippen molar-refractivity contribution in [3.05, 3.63) is 42.0 Å². The van der Waals surface area contributed by atoms with E-state index in [1.165, 1.54) is 12.1 Å². The summed E-state index contributed by atoms with van der Waals surface area (Å²) >= 11 is 0. The van der Waals surface area contributed by atoms with Gasteiger partial charge in [0.25, 0.3) is 0 Å². The van der Waals surface area contributed by atoms with Gasteiger partial charge in [0.1, 0.15) is 5.82 Å². The van der Waals surface area contributed by atoms with E-state index in [0.717, 1.165) is 0 Å². The molecule has 0 aliphatic carbocycles. The highest BCUT2D eigenvalue weighted by molar-refractivity contribution is 7.84. The van der Waals surface area contributed by atoms with Gasteiger partial charge in [0.2, 0.25) is 0 Å². The van der Waals surface area contributed by atoms with E-state index in [-0.39, 0.29) is 11.4 Å². The zero-order valence-corrected chi connectivity index (χ0v) is 10.1. The molecule has 1 atom stereocenters. The molecule has 0 saturated heterocycles. The Morgan fingerprint density at radius 3 is 2.82 bits per heavy atom. The first-order chi connectivity index (χ1) is 8.06. The molecule has 0 bridgehead atoms. The van der Waals surface area contributed by atoms with Crippen molar-refractivity contribution in [2.45, 2.75) is 10.6 Å². The molecule has 0 saturated carbocycles. The Balaban J connectivity index is 2.17. The van der Waals surface area contributed by atoms with E-state index in [1.54, 1.807) is 30.1 Å². The van der Waals surface area contributed by atoms with E-state index >= 15 is 0 Å². The minimum absolute atomic E-state index is 0.0589. The Morgan fingerprint density at radius 1 is 1.47 bits per heavy atom. The number of halogens is 1. The van der Waals surface area contributed by atoms with E-state index < -0.39 is 16.6 Å². The smallest absolute Gasteiger partial charge is 0.147 e. The summed E-state index contributed by atoms with van der Waals surface area (Å²) in [6.45, 7) is 0. The van der Waals surface area contributed by atoms with Crippen molar-refractivity contribution in [3.8, 4) is 0 Å². The van der Waals surface area contributed by atoms with Crippen molar-refractivity contribution in [1.82, 2.24) is 9.78 Å². The van der Waals surface area contributed by atoms with Crippen LogP contribution < -0.4 is 5.73 Å². The predicted octanol–water partition coefficient (Wildman–Crippen LogP) is 1.45.